The second-order valence-electron chi connectivity index (χ2n) is 7.99. The molecule has 0 atom stereocenters. The number of nitrogens with zero attached hydrogens (tertiary/aromatic N) is 5. The lowest BCUT2D eigenvalue weighted by Gasteiger charge is -2.25. The third-order valence-electron chi connectivity index (χ3n) is 5.46. The van der Waals surface area contributed by atoms with Crippen molar-refractivity contribution in [2.45, 2.75) is 43.2 Å². The number of tetrazole rings is 1. The number of hydrogen-bond acceptors (Lipinski definition) is 7. The van der Waals surface area contributed by atoms with Crippen molar-refractivity contribution in [1.82, 2.24) is 24.5 Å². The van der Waals surface area contributed by atoms with Crippen LogP contribution in [-0.4, -0.2) is 57.7 Å². The van der Waals surface area contributed by atoms with Crippen molar-refractivity contribution in [3.63, 3.8) is 0 Å². The van der Waals surface area contributed by atoms with Crippen LogP contribution in [-0.2, 0) is 14.8 Å². The molecule has 1 N–H and O–H groups in total. The molecule has 1 saturated heterocycles. The highest BCUT2D eigenvalue weighted by atomic mass is 32.2. The van der Waals surface area contributed by atoms with Crippen molar-refractivity contribution >= 4 is 33.4 Å². The maximum absolute atomic E-state index is 12.8. The van der Waals surface area contributed by atoms with Gasteiger partial charge in [-0.15, -0.1) is 5.10 Å². The third kappa shape index (κ3) is 5.43. The molecule has 1 aliphatic heterocycles. The number of aryl methyl sites for hydroxylation is 2. The number of aromatic nitrogens is 4. The fraction of sp³-hybridized carbons (Fsp3) is 0.364. The number of piperidine rings is 1. The molecule has 0 unspecified atom stereocenters. The van der Waals surface area contributed by atoms with Crippen molar-refractivity contribution in [2.24, 2.45) is 0 Å². The molecule has 1 aliphatic rings. The molecule has 0 radical (unpaired) electrons. The highest BCUT2D eigenvalue weighted by Gasteiger charge is 2.25. The Bertz CT molecular complexity index is 1240. The number of nitrogens with one attached hydrogen (secondary N) is 1. The van der Waals surface area contributed by atoms with E-state index in [1.54, 1.807) is 16.8 Å². The Kier molecular flexibility index (Phi) is 7.11. The van der Waals surface area contributed by atoms with E-state index in [1.165, 1.54) is 28.2 Å². The van der Waals surface area contributed by atoms with Gasteiger partial charge in [0, 0.05) is 18.8 Å². The zero-order valence-electron chi connectivity index (χ0n) is 18.6. The van der Waals surface area contributed by atoms with Gasteiger partial charge in [0.2, 0.25) is 21.1 Å². The van der Waals surface area contributed by atoms with E-state index in [-0.39, 0.29) is 16.6 Å². The summed E-state index contributed by atoms with van der Waals surface area (Å²) >= 11 is 1.23. The molecule has 1 amide bonds. The van der Waals surface area contributed by atoms with E-state index in [0.29, 0.717) is 23.9 Å². The first-order valence-electron chi connectivity index (χ1n) is 10.7. The monoisotopic (exact) mass is 486 g/mol. The summed E-state index contributed by atoms with van der Waals surface area (Å²) in [5.41, 5.74) is 3.52. The second-order valence-corrected chi connectivity index (χ2v) is 10.9. The van der Waals surface area contributed by atoms with Crippen LogP contribution in [0.5, 0.6) is 0 Å². The lowest BCUT2D eigenvalue weighted by Crippen LogP contribution is -2.35. The summed E-state index contributed by atoms with van der Waals surface area (Å²) < 4.78 is 28.7. The van der Waals surface area contributed by atoms with Gasteiger partial charge in [0.25, 0.3) is 0 Å². The van der Waals surface area contributed by atoms with Crippen molar-refractivity contribution in [1.29, 1.82) is 0 Å². The van der Waals surface area contributed by atoms with Crippen molar-refractivity contribution < 1.29 is 13.2 Å². The molecule has 174 valence electrons. The molecule has 0 aliphatic carbocycles. The van der Waals surface area contributed by atoms with E-state index in [4.69, 9.17) is 0 Å². The summed E-state index contributed by atoms with van der Waals surface area (Å²) in [5, 5.41) is 15.2. The molecule has 2 aromatic carbocycles. The maximum atomic E-state index is 12.8. The molecule has 3 aromatic rings. The number of rotatable bonds is 7. The molecule has 11 heteroatoms. The minimum Gasteiger partial charge on any atom is -0.325 e. The van der Waals surface area contributed by atoms with Gasteiger partial charge in [0.1, 0.15) is 0 Å². The number of carbonyl (C=O) groups is 1. The minimum absolute atomic E-state index is 0.110. The van der Waals surface area contributed by atoms with E-state index in [1.807, 2.05) is 32.0 Å². The summed E-state index contributed by atoms with van der Waals surface area (Å²) in [7, 11) is -3.49. The summed E-state index contributed by atoms with van der Waals surface area (Å²) in [4.78, 5) is 12.7. The molecule has 9 nitrogen and oxygen atoms in total. The summed E-state index contributed by atoms with van der Waals surface area (Å²) in [6.45, 7) is 5.09. The predicted molar refractivity (Wildman–Crippen MR) is 127 cm³/mol. The number of carbonyl (C=O) groups excluding carboxylic acids is 1. The van der Waals surface area contributed by atoms with Gasteiger partial charge in [-0.05, 0) is 78.6 Å². The highest BCUT2D eigenvalue weighted by molar-refractivity contribution is 7.99. The fourth-order valence-corrected chi connectivity index (χ4v) is 5.86. The maximum Gasteiger partial charge on any atom is 0.243 e. The highest BCUT2D eigenvalue weighted by Crippen LogP contribution is 2.24. The molecule has 0 bridgehead atoms. The predicted octanol–water partition coefficient (Wildman–Crippen LogP) is 3.18. The number of sulfonamides is 1. The van der Waals surface area contributed by atoms with Gasteiger partial charge in [-0.3, -0.25) is 4.79 Å². The van der Waals surface area contributed by atoms with Crippen LogP contribution >= 0.6 is 11.8 Å². The van der Waals surface area contributed by atoms with E-state index in [0.717, 1.165) is 36.1 Å². The number of amides is 1. The van der Waals surface area contributed by atoms with Gasteiger partial charge in [-0.1, -0.05) is 30.3 Å². The quantitative estimate of drug-likeness (QED) is 0.511. The molecule has 0 saturated carbocycles. The van der Waals surface area contributed by atoms with Crippen LogP contribution in [0.4, 0.5) is 5.69 Å². The zero-order valence-corrected chi connectivity index (χ0v) is 20.2. The summed E-state index contributed by atoms with van der Waals surface area (Å²) in [5.74, 6) is -0.124. The van der Waals surface area contributed by atoms with Crippen LogP contribution in [0.15, 0.2) is 52.5 Å². The van der Waals surface area contributed by atoms with E-state index < -0.39 is 10.0 Å². The SMILES string of the molecule is Cc1ccc(C)c(-n2nnnc2SCC(=O)Nc2ccc(S(=O)(=O)N3CCCCC3)cc2)c1. The topological polar surface area (TPSA) is 110 Å². The Morgan fingerprint density at radius 1 is 1.06 bits per heavy atom. The molecule has 33 heavy (non-hydrogen) atoms. The van der Waals surface area contributed by atoms with Crippen LogP contribution in [0.1, 0.15) is 30.4 Å². The molecular formula is C22H26N6O3S2. The van der Waals surface area contributed by atoms with Gasteiger partial charge in [0.05, 0.1) is 16.3 Å². The average molecular weight is 487 g/mol. The van der Waals surface area contributed by atoms with Gasteiger partial charge in [-0.25, -0.2) is 8.42 Å². The molecule has 0 spiro atoms. The lowest BCUT2D eigenvalue weighted by molar-refractivity contribution is -0.113. The molecule has 1 fully saturated rings. The summed E-state index contributed by atoms with van der Waals surface area (Å²) in [6, 6.07) is 12.3. The van der Waals surface area contributed by atoms with E-state index in [9.17, 15) is 13.2 Å². The van der Waals surface area contributed by atoms with Crippen molar-refractivity contribution in [3.8, 4) is 5.69 Å². The number of hydrogen-bond donors (Lipinski definition) is 1. The second kappa shape index (κ2) is 10.0. The minimum atomic E-state index is -3.49. The lowest BCUT2D eigenvalue weighted by atomic mass is 10.1. The Labute approximate surface area is 197 Å². The summed E-state index contributed by atoms with van der Waals surface area (Å²) in [6.07, 6.45) is 2.83. The van der Waals surface area contributed by atoms with Crippen LogP contribution < -0.4 is 5.32 Å². The van der Waals surface area contributed by atoms with Crippen LogP contribution in [0.3, 0.4) is 0 Å². The first-order chi connectivity index (χ1) is 15.8. The molecule has 2 heterocycles. The largest absolute Gasteiger partial charge is 0.325 e. The number of thioether (sulfide) groups is 1. The van der Waals surface area contributed by atoms with Crippen molar-refractivity contribution in [2.75, 3.05) is 24.2 Å². The first-order valence-corrected chi connectivity index (χ1v) is 13.2. The van der Waals surface area contributed by atoms with Gasteiger partial charge >= 0.3 is 0 Å². The van der Waals surface area contributed by atoms with Crippen LogP contribution in [0.2, 0.25) is 0 Å². The van der Waals surface area contributed by atoms with Gasteiger partial charge in [-0.2, -0.15) is 8.99 Å². The number of benzene rings is 2. The smallest absolute Gasteiger partial charge is 0.243 e. The fourth-order valence-electron chi connectivity index (χ4n) is 3.66. The Morgan fingerprint density at radius 2 is 1.79 bits per heavy atom. The molecular weight excluding hydrogens is 460 g/mol. The zero-order chi connectivity index (χ0) is 23.4. The van der Waals surface area contributed by atoms with Crippen LogP contribution in [0, 0.1) is 13.8 Å². The standard InChI is InChI=1S/C22H26N6O3S2/c1-16-6-7-17(2)20(14-16)28-22(24-25-26-28)32-15-21(29)23-18-8-10-19(11-9-18)33(30,31)27-12-4-3-5-13-27/h6-11,14H,3-5,12-13,15H2,1-2H3,(H,23,29). The average Bonchev–Trinajstić information content (AvgIpc) is 3.29. The van der Waals surface area contributed by atoms with E-state index in [2.05, 4.69) is 20.8 Å². The molecule has 4 rings (SSSR count). The van der Waals surface area contributed by atoms with Gasteiger partial charge in [0.15, 0.2) is 0 Å². The first kappa shape index (κ1) is 23.4. The Hall–Kier alpha value is -2.76. The van der Waals surface area contributed by atoms with Crippen molar-refractivity contribution in [3.05, 3.63) is 53.6 Å². The third-order valence-corrected chi connectivity index (χ3v) is 8.29. The van der Waals surface area contributed by atoms with Crippen LogP contribution in [0.25, 0.3) is 5.69 Å². The Morgan fingerprint density at radius 3 is 2.52 bits per heavy atom. The van der Waals surface area contributed by atoms with E-state index >= 15 is 0 Å². The Balaban J connectivity index is 1.37. The number of anilines is 1. The van der Waals surface area contributed by atoms with Gasteiger partial charge < -0.3 is 5.32 Å². The molecule has 1 aromatic heterocycles. The normalized spacial score (nSPS) is 14.8.